The third-order valence-electron chi connectivity index (χ3n) is 4.33. The molecular formula is C21H20BrN3O2. The second-order valence-corrected chi connectivity index (χ2v) is 8.01. The van der Waals surface area contributed by atoms with E-state index in [1.165, 1.54) is 18.5 Å². The number of nitrogens with zero attached hydrogens (tertiary/aromatic N) is 2. The Morgan fingerprint density at radius 3 is 2.67 bits per heavy atom. The van der Waals surface area contributed by atoms with Gasteiger partial charge in [-0.1, -0.05) is 44.2 Å². The van der Waals surface area contributed by atoms with Gasteiger partial charge in [0.2, 0.25) is 0 Å². The molecule has 0 saturated heterocycles. The minimum atomic E-state index is -0.964. The first-order chi connectivity index (χ1) is 12.8. The Balaban J connectivity index is 0.000000180. The fraction of sp³-hybridized carbons (Fsp3) is 0.190. The minimum Gasteiger partial charge on any atom is -0.478 e. The number of nitrogen functional groups attached to an aromatic ring is 1. The summed E-state index contributed by atoms with van der Waals surface area (Å²) in [5.41, 5.74) is 10.7. The van der Waals surface area contributed by atoms with Crippen molar-refractivity contribution in [1.82, 2.24) is 9.97 Å². The van der Waals surface area contributed by atoms with E-state index in [0.717, 1.165) is 34.3 Å². The molecule has 5 nitrogen and oxygen atoms in total. The predicted octanol–water partition coefficient (Wildman–Crippen LogP) is 4.95. The number of hydrogen-bond donors (Lipinski definition) is 2. The Kier molecular flexibility index (Phi) is 5.28. The van der Waals surface area contributed by atoms with Gasteiger partial charge in [0.25, 0.3) is 0 Å². The number of para-hydroxylation sites is 1. The molecule has 2 heterocycles. The number of halogens is 1. The SMILES string of the molecule is CC1(C)C=Cc2c(nc3ccccc3c2N)C1.O=C(O)c1cncc(Br)c1. The smallest absolute Gasteiger partial charge is 0.337 e. The highest BCUT2D eigenvalue weighted by molar-refractivity contribution is 9.10. The van der Waals surface area contributed by atoms with Gasteiger partial charge in [-0.2, -0.15) is 0 Å². The quantitative estimate of drug-likeness (QED) is 0.575. The third-order valence-corrected chi connectivity index (χ3v) is 4.76. The van der Waals surface area contributed by atoms with E-state index in [4.69, 9.17) is 15.8 Å². The maximum atomic E-state index is 10.3. The molecule has 138 valence electrons. The van der Waals surface area contributed by atoms with Crippen molar-refractivity contribution in [3.63, 3.8) is 0 Å². The molecule has 0 amide bonds. The molecule has 1 aliphatic carbocycles. The lowest BCUT2D eigenvalue weighted by Gasteiger charge is -2.26. The van der Waals surface area contributed by atoms with Crippen LogP contribution in [0.2, 0.25) is 0 Å². The maximum absolute atomic E-state index is 10.3. The molecule has 3 aromatic rings. The van der Waals surface area contributed by atoms with Crippen molar-refractivity contribution in [3.05, 3.63) is 70.1 Å². The standard InChI is InChI=1S/C15H16N2.C6H4BrNO2/c1-15(2)8-7-11-13(9-15)17-12-6-4-3-5-10(12)14(11)16;7-5-1-4(6(9)10)2-8-3-5/h3-8H,9H2,1-2H3,(H2,16,17);1-3H,(H,9,10). The van der Waals surface area contributed by atoms with Crippen molar-refractivity contribution in [2.75, 3.05) is 5.73 Å². The summed E-state index contributed by atoms with van der Waals surface area (Å²) in [7, 11) is 0. The number of carboxylic acid groups (broad SMARTS) is 1. The van der Waals surface area contributed by atoms with Crippen LogP contribution in [0, 0.1) is 5.41 Å². The van der Waals surface area contributed by atoms with Crippen LogP contribution in [0.1, 0.15) is 35.5 Å². The monoisotopic (exact) mass is 425 g/mol. The molecule has 2 aromatic heterocycles. The average molecular weight is 426 g/mol. The molecule has 1 aromatic carbocycles. The molecule has 0 aliphatic heterocycles. The van der Waals surface area contributed by atoms with Crippen LogP contribution >= 0.6 is 15.9 Å². The van der Waals surface area contributed by atoms with Gasteiger partial charge in [-0.15, -0.1) is 0 Å². The van der Waals surface area contributed by atoms with Crippen LogP contribution in [0.4, 0.5) is 5.69 Å². The van der Waals surface area contributed by atoms with E-state index < -0.39 is 5.97 Å². The van der Waals surface area contributed by atoms with Gasteiger partial charge in [-0.25, -0.2) is 4.79 Å². The normalized spacial score (nSPS) is 14.2. The van der Waals surface area contributed by atoms with Gasteiger partial charge in [-0.05, 0) is 39.9 Å². The molecule has 27 heavy (non-hydrogen) atoms. The van der Waals surface area contributed by atoms with E-state index in [-0.39, 0.29) is 11.0 Å². The fourth-order valence-corrected chi connectivity index (χ4v) is 3.32. The number of carboxylic acids is 1. The Bertz CT molecular complexity index is 1040. The second kappa shape index (κ2) is 7.48. The number of allylic oxidation sites excluding steroid dienone is 1. The first-order valence-electron chi connectivity index (χ1n) is 8.47. The number of pyridine rings is 2. The number of fused-ring (bicyclic) bond motifs is 2. The number of hydrogen-bond acceptors (Lipinski definition) is 4. The third kappa shape index (κ3) is 4.34. The van der Waals surface area contributed by atoms with Crippen LogP contribution in [0.15, 0.2) is 53.3 Å². The number of nitrogens with two attached hydrogens (primary N) is 1. The molecule has 0 atom stereocenters. The van der Waals surface area contributed by atoms with Gasteiger partial charge in [0.1, 0.15) is 0 Å². The topological polar surface area (TPSA) is 89.1 Å². The molecule has 0 radical (unpaired) electrons. The van der Waals surface area contributed by atoms with Crippen LogP contribution in [-0.2, 0) is 6.42 Å². The molecule has 6 heteroatoms. The molecule has 0 unspecified atom stereocenters. The average Bonchev–Trinajstić information content (AvgIpc) is 2.61. The molecular weight excluding hydrogens is 406 g/mol. The number of rotatable bonds is 1. The van der Waals surface area contributed by atoms with Gasteiger partial charge < -0.3 is 10.8 Å². The zero-order valence-corrected chi connectivity index (χ0v) is 16.7. The number of carbonyl (C=O) groups is 1. The van der Waals surface area contributed by atoms with Crippen LogP contribution in [0.25, 0.3) is 17.0 Å². The molecule has 3 N–H and O–H groups in total. The lowest BCUT2D eigenvalue weighted by molar-refractivity contribution is 0.0696. The molecule has 0 spiro atoms. The number of aromatic nitrogens is 2. The first kappa shape index (κ1) is 19.0. The summed E-state index contributed by atoms with van der Waals surface area (Å²) in [6.45, 7) is 4.44. The van der Waals surface area contributed by atoms with Crippen molar-refractivity contribution < 1.29 is 9.90 Å². The van der Waals surface area contributed by atoms with E-state index in [1.807, 2.05) is 24.3 Å². The van der Waals surface area contributed by atoms with Crippen molar-refractivity contribution in [2.45, 2.75) is 20.3 Å². The molecule has 0 saturated carbocycles. The summed E-state index contributed by atoms with van der Waals surface area (Å²) in [5.74, 6) is -0.964. The van der Waals surface area contributed by atoms with E-state index in [1.54, 1.807) is 0 Å². The highest BCUT2D eigenvalue weighted by Crippen LogP contribution is 2.36. The summed E-state index contributed by atoms with van der Waals surface area (Å²) in [5, 5.41) is 9.50. The molecule has 0 bridgehead atoms. The highest BCUT2D eigenvalue weighted by atomic mass is 79.9. The molecule has 0 fully saturated rings. The Morgan fingerprint density at radius 2 is 2.00 bits per heavy atom. The van der Waals surface area contributed by atoms with Crippen LogP contribution in [0.3, 0.4) is 0 Å². The van der Waals surface area contributed by atoms with Gasteiger partial charge in [0, 0.05) is 27.8 Å². The number of anilines is 1. The molecule has 4 rings (SSSR count). The summed E-state index contributed by atoms with van der Waals surface area (Å²) in [6, 6.07) is 9.56. The van der Waals surface area contributed by atoms with Crippen molar-refractivity contribution in [3.8, 4) is 0 Å². The first-order valence-corrected chi connectivity index (χ1v) is 9.26. The van der Waals surface area contributed by atoms with Crippen molar-refractivity contribution in [1.29, 1.82) is 0 Å². The lowest BCUT2D eigenvalue weighted by Crippen LogP contribution is -2.18. The maximum Gasteiger partial charge on any atom is 0.337 e. The van der Waals surface area contributed by atoms with Crippen molar-refractivity contribution >= 4 is 44.6 Å². The van der Waals surface area contributed by atoms with Gasteiger partial charge >= 0.3 is 5.97 Å². The summed E-state index contributed by atoms with van der Waals surface area (Å²) in [4.78, 5) is 18.7. The van der Waals surface area contributed by atoms with E-state index in [9.17, 15) is 4.79 Å². The zero-order valence-electron chi connectivity index (χ0n) is 15.1. The van der Waals surface area contributed by atoms with E-state index >= 15 is 0 Å². The summed E-state index contributed by atoms with van der Waals surface area (Å²) < 4.78 is 0.674. The Morgan fingerprint density at radius 1 is 1.26 bits per heavy atom. The van der Waals surface area contributed by atoms with E-state index in [0.29, 0.717) is 4.47 Å². The van der Waals surface area contributed by atoms with Gasteiger partial charge in [0.15, 0.2) is 0 Å². The Labute approximate surface area is 166 Å². The zero-order chi connectivity index (χ0) is 19.6. The fourth-order valence-electron chi connectivity index (χ4n) is 2.95. The molecule has 1 aliphatic rings. The van der Waals surface area contributed by atoms with Crippen LogP contribution in [-0.4, -0.2) is 21.0 Å². The predicted molar refractivity (Wildman–Crippen MR) is 112 cm³/mol. The lowest BCUT2D eigenvalue weighted by atomic mass is 9.81. The Hall–Kier alpha value is -2.73. The summed E-state index contributed by atoms with van der Waals surface area (Å²) in [6.07, 6.45) is 8.13. The van der Waals surface area contributed by atoms with Crippen LogP contribution in [0.5, 0.6) is 0 Å². The van der Waals surface area contributed by atoms with Crippen molar-refractivity contribution in [2.24, 2.45) is 5.41 Å². The minimum absolute atomic E-state index is 0.175. The van der Waals surface area contributed by atoms with Crippen LogP contribution < -0.4 is 5.73 Å². The largest absolute Gasteiger partial charge is 0.478 e. The number of benzene rings is 1. The summed E-state index contributed by atoms with van der Waals surface area (Å²) >= 11 is 3.10. The second-order valence-electron chi connectivity index (χ2n) is 7.10. The van der Waals surface area contributed by atoms with Gasteiger partial charge in [0.05, 0.1) is 22.5 Å². The van der Waals surface area contributed by atoms with E-state index in [2.05, 4.69) is 46.9 Å². The highest BCUT2D eigenvalue weighted by Gasteiger charge is 2.23. The number of aromatic carboxylic acids is 1. The van der Waals surface area contributed by atoms with Gasteiger partial charge in [-0.3, -0.25) is 9.97 Å².